The van der Waals surface area contributed by atoms with Crippen LogP contribution >= 0.6 is 0 Å². The van der Waals surface area contributed by atoms with E-state index in [1.165, 1.54) is 0 Å². The lowest BCUT2D eigenvalue weighted by atomic mass is 10.1. The summed E-state index contributed by atoms with van der Waals surface area (Å²) in [6.07, 6.45) is 1.91. The summed E-state index contributed by atoms with van der Waals surface area (Å²) in [5, 5.41) is 16.7. The highest BCUT2D eigenvalue weighted by molar-refractivity contribution is 5.73. The maximum atomic E-state index is 13.7. The van der Waals surface area contributed by atoms with E-state index in [-0.39, 0.29) is 17.3 Å². The van der Waals surface area contributed by atoms with Gasteiger partial charge in [0.15, 0.2) is 0 Å². The Morgan fingerprint density at radius 3 is 2.62 bits per heavy atom. The molecule has 24 heavy (non-hydrogen) atoms. The second kappa shape index (κ2) is 7.62. The van der Waals surface area contributed by atoms with Crippen LogP contribution in [0.4, 0.5) is 31.8 Å². The van der Waals surface area contributed by atoms with Gasteiger partial charge in [-0.1, -0.05) is 13.8 Å². The molecule has 9 heteroatoms. The zero-order chi connectivity index (χ0) is 17.7. The second-order valence-corrected chi connectivity index (χ2v) is 5.54. The van der Waals surface area contributed by atoms with Crippen LogP contribution in [0.1, 0.15) is 20.3 Å². The van der Waals surface area contributed by atoms with Crippen LogP contribution in [-0.2, 0) is 0 Å². The fraction of sp³-hybridized carbons (Fsp3) is 0.333. The summed E-state index contributed by atoms with van der Waals surface area (Å²) in [5.74, 6) is -1.21. The minimum atomic E-state index is -0.751. The molecule has 2 aromatic rings. The number of anilines is 3. The molecule has 7 nitrogen and oxygen atoms in total. The number of hydrogen-bond donors (Lipinski definition) is 2. The number of rotatable bonds is 7. The predicted molar refractivity (Wildman–Crippen MR) is 86.3 cm³/mol. The molecule has 0 saturated carbocycles. The standard InChI is InChI=1S/C15H17F2N5O2/c1-9(2)5-6-18-14-13(22(23)24)15(20-8-19-14)21-12-7-10(16)3-4-11(12)17/h3-4,7-9H,5-6H2,1-2H3,(H2,18,19,20,21). The number of nitro groups is 1. The van der Waals surface area contributed by atoms with Crippen molar-refractivity contribution in [2.75, 3.05) is 17.2 Å². The fourth-order valence-electron chi connectivity index (χ4n) is 1.97. The van der Waals surface area contributed by atoms with Crippen LogP contribution in [-0.4, -0.2) is 21.4 Å². The third-order valence-corrected chi connectivity index (χ3v) is 3.20. The van der Waals surface area contributed by atoms with E-state index < -0.39 is 22.2 Å². The van der Waals surface area contributed by atoms with Crippen LogP contribution < -0.4 is 10.6 Å². The first-order valence-corrected chi connectivity index (χ1v) is 7.33. The van der Waals surface area contributed by atoms with Gasteiger partial charge in [0.05, 0.1) is 10.6 Å². The molecule has 128 valence electrons. The van der Waals surface area contributed by atoms with Gasteiger partial charge in [0, 0.05) is 12.6 Å². The van der Waals surface area contributed by atoms with Crippen molar-refractivity contribution in [1.29, 1.82) is 0 Å². The fourth-order valence-corrected chi connectivity index (χ4v) is 1.97. The molecule has 2 N–H and O–H groups in total. The lowest BCUT2D eigenvalue weighted by Crippen LogP contribution is -2.10. The van der Waals surface area contributed by atoms with Crippen molar-refractivity contribution in [3.05, 3.63) is 46.3 Å². The number of halogens is 2. The zero-order valence-corrected chi connectivity index (χ0v) is 13.2. The summed E-state index contributed by atoms with van der Waals surface area (Å²) in [6.45, 7) is 4.54. The number of nitrogens with one attached hydrogen (secondary N) is 2. The molecule has 0 aliphatic rings. The number of benzene rings is 1. The van der Waals surface area contributed by atoms with Crippen LogP contribution in [0.25, 0.3) is 0 Å². The van der Waals surface area contributed by atoms with E-state index in [1.54, 1.807) is 0 Å². The molecule has 0 aliphatic heterocycles. The topological polar surface area (TPSA) is 93.0 Å². The summed E-state index contributed by atoms with van der Waals surface area (Å²) >= 11 is 0. The summed E-state index contributed by atoms with van der Waals surface area (Å²) in [5.41, 5.74) is -0.671. The Labute approximate surface area is 137 Å². The number of aromatic nitrogens is 2. The van der Waals surface area contributed by atoms with Crippen LogP contribution in [0, 0.1) is 27.7 Å². The molecule has 0 unspecified atom stereocenters. The molecule has 0 spiro atoms. The highest BCUT2D eigenvalue weighted by Crippen LogP contribution is 2.32. The van der Waals surface area contributed by atoms with E-state index >= 15 is 0 Å². The predicted octanol–water partition coefficient (Wildman–Crippen LogP) is 3.86. The molecule has 0 amide bonds. The summed E-state index contributed by atoms with van der Waals surface area (Å²) in [7, 11) is 0. The van der Waals surface area contributed by atoms with Gasteiger partial charge in [0.25, 0.3) is 0 Å². The average Bonchev–Trinajstić information content (AvgIpc) is 2.50. The molecule has 2 rings (SSSR count). The highest BCUT2D eigenvalue weighted by atomic mass is 19.1. The Morgan fingerprint density at radius 1 is 1.25 bits per heavy atom. The van der Waals surface area contributed by atoms with Gasteiger partial charge < -0.3 is 10.6 Å². The maximum absolute atomic E-state index is 13.7. The van der Waals surface area contributed by atoms with Crippen LogP contribution in [0.15, 0.2) is 24.5 Å². The van der Waals surface area contributed by atoms with Gasteiger partial charge in [-0.25, -0.2) is 18.7 Å². The molecular formula is C15H17F2N5O2. The Kier molecular flexibility index (Phi) is 5.56. The van der Waals surface area contributed by atoms with E-state index in [0.717, 1.165) is 30.9 Å². The van der Waals surface area contributed by atoms with Crippen molar-refractivity contribution in [2.24, 2.45) is 5.92 Å². The third kappa shape index (κ3) is 4.34. The molecule has 0 bridgehead atoms. The summed E-state index contributed by atoms with van der Waals surface area (Å²) < 4.78 is 27.0. The van der Waals surface area contributed by atoms with Gasteiger partial charge in [-0.05, 0) is 24.5 Å². The molecule has 0 saturated heterocycles. The molecule has 0 aliphatic carbocycles. The minimum absolute atomic E-state index is 0.0231. The van der Waals surface area contributed by atoms with Gasteiger partial charge in [-0.2, -0.15) is 0 Å². The largest absolute Gasteiger partial charge is 0.364 e. The van der Waals surface area contributed by atoms with Gasteiger partial charge >= 0.3 is 5.69 Å². The van der Waals surface area contributed by atoms with Gasteiger partial charge in [-0.3, -0.25) is 10.1 Å². The first-order chi connectivity index (χ1) is 11.4. The number of hydrogen-bond acceptors (Lipinski definition) is 6. The Bertz CT molecular complexity index is 740. The van der Waals surface area contributed by atoms with Crippen LogP contribution in [0.5, 0.6) is 0 Å². The highest BCUT2D eigenvalue weighted by Gasteiger charge is 2.23. The first-order valence-electron chi connectivity index (χ1n) is 7.33. The summed E-state index contributed by atoms with van der Waals surface area (Å²) in [4.78, 5) is 18.3. The molecular weight excluding hydrogens is 320 g/mol. The molecule has 0 atom stereocenters. The average molecular weight is 337 g/mol. The Hall–Kier alpha value is -2.84. The Morgan fingerprint density at radius 2 is 1.96 bits per heavy atom. The smallest absolute Gasteiger partial charge is 0.353 e. The molecule has 1 aromatic carbocycles. The van der Waals surface area contributed by atoms with E-state index in [4.69, 9.17) is 0 Å². The SMILES string of the molecule is CC(C)CCNc1ncnc(Nc2cc(F)ccc2F)c1[N+](=O)[O-]. The van der Waals surface area contributed by atoms with E-state index in [0.29, 0.717) is 12.5 Å². The van der Waals surface area contributed by atoms with E-state index in [9.17, 15) is 18.9 Å². The monoisotopic (exact) mass is 337 g/mol. The van der Waals surface area contributed by atoms with E-state index in [2.05, 4.69) is 20.6 Å². The van der Waals surface area contributed by atoms with Crippen molar-refractivity contribution in [1.82, 2.24) is 9.97 Å². The van der Waals surface area contributed by atoms with E-state index in [1.807, 2.05) is 13.8 Å². The quantitative estimate of drug-likeness (QED) is 0.588. The van der Waals surface area contributed by atoms with Gasteiger partial charge in [-0.15, -0.1) is 0 Å². The van der Waals surface area contributed by atoms with Crippen molar-refractivity contribution in [3.8, 4) is 0 Å². The normalized spacial score (nSPS) is 10.7. The van der Waals surface area contributed by atoms with Crippen LogP contribution in [0.3, 0.4) is 0 Å². The second-order valence-electron chi connectivity index (χ2n) is 5.54. The molecule has 1 aromatic heterocycles. The minimum Gasteiger partial charge on any atom is -0.364 e. The van der Waals surface area contributed by atoms with Gasteiger partial charge in [0.1, 0.15) is 18.0 Å². The lowest BCUT2D eigenvalue weighted by Gasteiger charge is -2.11. The van der Waals surface area contributed by atoms with Crippen molar-refractivity contribution in [2.45, 2.75) is 20.3 Å². The molecule has 0 radical (unpaired) electrons. The lowest BCUT2D eigenvalue weighted by molar-refractivity contribution is -0.383. The first kappa shape index (κ1) is 17.5. The molecule has 0 fully saturated rings. The summed E-state index contributed by atoms with van der Waals surface area (Å²) in [6, 6.07) is 2.77. The van der Waals surface area contributed by atoms with Crippen molar-refractivity contribution in [3.63, 3.8) is 0 Å². The third-order valence-electron chi connectivity index (χ3n) is 3.20. The van der Waals surface area contributed by atoms with Crippen molar-refractivity contribution >= 4 is 23.0 Å². The zero-order valence-electron chi connectivity index (χ0n) is 13.2. The van der Waals surface area contributed by atoms with Gasteiger partial charge in [0.2, 0.25) is 11.6 Å². The van der Waals surface area contributed by atoms with Crippen LogP contribution in [0.2, 0.25) is 0 Å². The van der Waals surface area contributed by atoms with Crippen molar-refractivity contribution < 1.29 is 13.7 Å². The maximum Gasteiger partial charge on any atom is 0.353 e. The Balaban J connectivity index is 2.32. The number of nitrogens with zero attached hydrogens (tertiary/aromatic N) is 3. The molecule has 1 heterocycles.